The van der Waals surface area contributed by atoms with E-state index in [0.29, 0.717) is 0 Å². The third-order valence-electron chi connectivity index (χ3n) is 10.7. The van der Waals surface area contributed by atoms with E-state index in [-0.39, 0.29) is 50.9 Å². The van der Waals surface area contributed by atoms with Gasteiger partial charge >= 0.3 is 23.2 Å². The molecule has 0 radical (unpaired) electrons. The molecule has 3 fully saturated rings. The summed E-state index contributed by atoms with van der Waals surface area (Å²) in [5.74, 6) is -0.0833. The van der Waals surface area contributed by atoms with Gasteiger partial charge < -0.3 is 71.0 Å². The Morgan fingerprint density at radius 3 is 1.25 bits per heavy atom. The molecule has 13 N–H and O–H groups in total. The molecule has 9 rings (SSSR count). The number of rotatable bonds is 16. The van der Waals surface area contributed by atoms with Crippen molar-refractivity contribution in [1.29, 1.82) is 0 Å². The van der Waals surface area contributed by atoms with Crippen molar-refractivity contribution in [2.45, 2.75) is 73.6 Å². The standard InChI is InChI=1S/C31H40N15O18P3/c1-65(51,52)57-2-12-18(48)21(30(61-12)45-9-42-15-24(33)36-6-39-27(15)45)63-67(55,56)59-4-13-19(49)22(31(62-13)46-10-43-16-25(34)37-7-40-28(16)46)64-66(53,54)58-3-11-17(47)20(50)29(60-11)44-8-41-14-23(32)35-5-38-26(14)44/h5-13,17-22,29-31,47-50H,2-4H2,1H3,(H,51,52)(H,53,54)(H,55,56)(H2,32,35,38)(H2,33,36,39)(H2,34,37,40)/t11-,12-,13-,17-,18-,19-,20-,21-,22-,29-,30-,31-/m1/s1. The Balaban J connectivity index is 0.918. The van der Waals surface area contributed by atoms with Gasteiger partial charge in [-0.1, -0.05) is 0 Å². The minimum Gasteiger partial charge on any atom is -0.387 e. The highest BCUT2D eigenvalue weighted by Gasteiger charge is 2.53. The molecule has 0 aliphatic carbocycles. The van der Waals surface area contributed by atoms with Crippen LogP contribution in [0.2, 0.25) is 0 Å². The number of fused-ring (bicyclic) bond motifs is 3. The smallest absolute Gasteiger partial charge is 0.387 e. The highest BCUT2D eigenvalue weighted by molar-refractivity contribution is 7.51. The number of aromatic nitrogens is 12. The van der Waals surface area contributed by atoms with Gasteiger partial charge in [-0.2, -0.15) is 0 Å². The number of hydrogen-bond acceptors (Lipinski definition) is 27. The fraction of sp³-hybridized carbons (Fsp3) is 0.516. The lowest BCUT2D eigenvalue weighted by atomic mass is 10.1. The first-order chi connectivity index (χ1) is 31.7. The summed E-state index contributed by atoms with van der Waals surface area (Å²) in [6.07, 6.45) is -13.0. The Morgan fingerprint density at radius 2 is 0.866 bits per heavy atom. The lowest BCUT2D eigenvalue weighted by Gasteiger charge is -2.25. The maximum atomic E-state index is 13.7. The Hall–Kier alpha value is -4.86. The molecule has 0 amide bonds. The Morgan fingerprint density at radius 1 is 0.522 bits per heavy atom. The van der Waals surface area contributed by atoms with Crippen molar-refractivity contribution in [3.63, 3.8) is 0 Å². The molecule has 0 aromatic carbocycles. The predicted octanol–water partition coefficient (Wildman–Crippen LogP) is -2.78. The SMILES string of the molecule is CP(=O)(O)OC[C@H]1O[C@@H](n2cnc3c(N)ncnc32)[C@H](OP(=O)(O)OC[C@H]2O[C@@H](n3cnc4c(N)ncnc43)[C@H](OP(=O)(O)OC[C@H]3O[C@@H](n4cnc5c(N)ncnc54)[C@H](O)[C@@H]3O)[C@@H]2O)[C@@H]1O. The molecule has 362 valence electrons. The summed E-state index contributed by atoms with van der Waals surface area (Å²) in [4.78, 5) is 68.1. The molecule has 3 unspecified atom stereocenters. The van der Waals surface area contributed by atoms with E-state index < -0.39 is 117 Å². The molecule has 15 atom stereocenters. The Bertz CT molecular complexity index is 2940. The van der Waals surface area contributed by atoms with Crippen molar-refractivity contribution in [2.24, 2.45) is 0 Å². The fourth-order valence-corrected chi connectivity index (χ4v) is 9.86. The van der Waals surface area contributed by atoms with E-state index in [2.05, 4.69) is 44.9 Å². The monoisotopic (exact) mass is 1000 g/mol. The molecule has 0 spiro atoms. The quantitative estimate of drug-likeness (QED) is 0.0439. The molecule has 0 bridgehead atoms. The van der Waals surface area contributed by atoms with Crippen molar-refractivity contribution >= 4 is 74.2 Å². The van der Waals surface area contributed by atoms with Gasteiger partial charge in [-0.05, 0) is 0 Å². The van der Waals surface area contributed by atoms with Crippen LogP contribution in [0.5, 0.6) is 0 Å². The Labute approximate surface area is 373 Å². The van der Waals surface area contributed by atoms with E-state index in [1.54, 1.807) is 0 Å². The molecule has 6 aromatic heterocycles. The highest BCUT2D eigenvalue weighted by Crippen LogP contribution is 2.53. The molecule has 3 aliphatic heterocycles. The fourth-order valence-electron chi connectivity index (χ4n) is 7.57. The molecule has 9 heterocycles. The first-order valence-electron chi connectivity index (χ1n) is 19.4. The van der Waals surface area contributed by atoms with Gasteiger partial charge in [0.25, 0.3) is 0 Å². The van der Waals surface area contributed by atoms with Gasteiger partial charge in [0.15, 0.2) is 53.1 Å². The number of nitrogen functional groups attached to an aromatic ring is 3. The van der Waals surface area contributed by atoms with E-state index in [4.69, 9.17) is 54.0 Å². The number of phosphoric acid groups is 2. The van der Waals surface area contributed by atoms with Crippen molar-refractivity contribution in [3.05, 3.63) is 38.0 Å². The topological polar surface area (TPSA) is 476 Å². The number of anilines is 3. The van der Waals surface area contributed by atoms with E-state index >= 15 is 0 Å². The van der Waals surface area contributed by atoms with Gasteiger partial charge in [-0.25, -0.2) is 54.0 Å². The lowest BCUT2D eigenvalue weighted by molar-refractivity contribution is -0.0642. The van der Waals surface area contributed by atoms with Crippen molar-refractivity contribution in [3.8, 4) is 0 Å². The number of phosphoric ester groups is 2. The van der Waals surface area contributed by atoms with Gasteiger partial charge in [0.05, 0.1) is 38.8 Å². The van der Waals surface area contributed by atoms with Crippen molar-refractivity contribution < 1.29 is 85.6 Å². The number of aliphatic hydroxyl groups is 4. The number of nitrogens with zero attached hydrogens (tertiary/aromatic N) is 12. The van der Waals surface area contributed by atoms with Crippen LogP contribution in [0.25, 0.3) is 33.5 Å². The number of ether oxygens (including phenoxy) is 3. The van der Waals surface area contributed by atoms with Crippen LogP contribution in [0.4, 0.5) is 17.5 Å². The summed E-state index contributed by atoms with van der Waals surface area (Å²) in [6, 6.07) is 0. The number of imidazole rings is 3. The molecule has 3 saturated heterocycles. The van der Waals surface area contributed by atoms with Crippen LogP contribution in [0.1, 0.15) is 18.7 Å². The zero-order valence-corrected chi connectivity index (χ0v) is 36.8. The van der Waals surface area contributed by atoms with Crippen LogP contribution in [0, 0.1) is 0 Å². The number of hydrogen-bond donors (Lipinski definition) is 10. The summed E-state index contributed by atoms with van der Waals surface area (Å²) in [5, 5.41) is 44.5. The van der Waals surface area contributed by atoms with Gasteiger partial charge in [0.1, 0.15) is 90.5 Å². The second-order valence-electron chi connectivity index (χ2n) is 15.2. The third kappa shape index (κ3) is 9.24. The average Bonchev–Trinajstić information content (AvgIpc) is 4.13. The first kappa shape index (κ1) is 47.2. The van der Waals surface area contributed by atoms with Crippen LogP contribution in [0.15, 0.2) is 38.0 Å². The van der Waals surface area contributed by atoms with Crippen molar-refractivity contribution in [2.75, 3.05) is 43.7 Å². The largest absolute Gasteiger partial charge is 0.472 e. The minimum atomic E-state index is -5.38. The Kier molecular flexibility index (Phi) is 12.6. The van der Waals surface area contributed by atoms with Crippen LogP contribution in [0.3, 0.4) is 0 Å². The maximum Gasteiger partial charge on any atom is 0.472 e. The number of aliphatic hydroxyl groups excluding tert-OH is 4. The van der Waals surface area contributed by atoms with Crippen LogP contribution in [-0.2, 0) is 50.5 Å². The van der Waals surface area contributed by atoms with Gasteiger partial charge in [-0.15, -0.1) is 0 Å². The first-order valence-corrected chi connectivity index (χ1v) is 24.5. The van der Waals surface area contributed by atoms with E-state index in [1.165, 1.54) is 15.5 Å². The second kappa shape index (κ2) is 17.9. The van der Waals surface area contributed by atoms with Crippen molar-refractivity contribution in [1.82, 2.24) is 58.6 Å². The molecule has 33 nitrogen and oxygen atoms in total. The zero-order chi connectivity index (χ0) is 47.7. The van der Waals surface area contributed by atoms with Crippen LogP contribution < -0.4 is 17.2 Å². The van der Waals surface area contributed by atoms with Crippen LogP contribution in [-0.4, -0.2) is 175 Å². The molecular formula is C31H40N15O18P3. The van der Waals surface area contributed by atoms with E-state index in [0.717, 1.165) is 42.9 Å². The van der Waals surface area contributed by atoms with E-state index in [1.807, 2.05) is 0 Å². The zero-order valence-electron chi connectivity index (χ0n) is 34.1. The lowest BCUT2D eigenvalue weighted by Crippen LogP contribution is -2.37. The second-order valence-corrected chi connectivity index (χ2v) is 19.9. The summed E-state index contributed by atoms with van der Waals surface area (Å²) < 4.78 is 86.7. The van der Waals surface area contributed by atoms with Crippen LogP contribution >= 0.6 is 23.2 Å². The van der Waals surface area contributed by atoms with E-state index in [9.17, 15) is 48.8 Å². The normalized spacial score (nSPS) is 31.7. The minimum absolute atomic E-state index is 0.00856. The summed E-state index contributed by atoms with van der Waals surface area (Å²) >= 11 is 0. The van der Waals surface area contributed by atoms with Gasteiger partial charge in [0.2, 0.25) is 0 Å². The molecule has 6 aromatic rings. The summed E-state index contributed by atoms with van der Waals surface area (Å²) in [6.45, 7) is -1.67. The molecule has 0 saturated carbocycles. The molecular weight excluding hydrogens is 963 g/mol. The molecule has 67 heavy (non-hydrogen) atoms. The number of nitrogens with two attached hydrogens (primary N) is 3. The maximum absolute atomic E-state index is 13.7. The summed E-state index contributed by atoms with van der Waals surface area (Å²) in [7, 11) is -14.8. The highest BCUT2D eigenvalue weighted by atomic mass is 31.2. The molecule has 36 heteroatoms. The summed E-state index contributed by atoms with van der Waals surface area (Å²) in [5.41, 5.74) is 18.2. The third-order valence-corrected chi connectivity index (χ3v) is 13.3. The predicted molar refractivity (Wildman–Crippen MR) is 218 cm³/mol. The average molecular weight is 1000 g/mol. The van der Waals surface area contributed by atoms with Gasteiger partial charge in [0, 0.05) is 6.66 Å². The molecule has 3 aliphatic rings. The van der Waals surface area contributed by atoms with Gasteiger partial charge in [-0.3, -0.25) is 36.4 Å².